The molecule has 0 bridgehead atoms. The molecule has 0 radical (unpaired) electrons. The van der Waals surface area contributed by atoms with E-state index in [9.17, 15) is 9.59 Å². The first-order chi connectivity index (χ1) is 13.0. The number of hydrogen-bond acceptors (Lipinski definition) is 3. The molecular weight excluding hydrogens is 336 g/mol. The molecule has 1 spiro atoms. The second-order valence-electron chi connectivity index (χ2n) is 10.8. The van der Waals surface area contributed by atoms with Crippen molar-refractivity contribution in [2.75, 3.05) is 0 Å². The smallest absolute Gasteiger partial charge is 0.306 e. The van der Waals surface area contributed by atoms with E-state index < -0.39 is 0 Å². The Bertz CT molecular complexity index is 753. The van der Waals surface area contributed by atoms with Crippen molar-refractivity contribution in [3.8, 4) is 0 Å². The average molecular weight is 369 g/mol. The first-order valence-electron chi connectivity index (χ1n) is 11.4. The zero-order valence-corrected chi connectivity index (χ0v) is 16.7. The van der Waals surface area contributed by atoms with Gasteiger partial charge >= 0.3 is 5.97 Å². The summed E-state index contributed by atoms with van der Waals surface area (Å²) >= 11 is 0. The van der Waals surface area contributed by atoms with Gasteiger partial charge in [-0.15, -0.1) is 0 Å². The topological polar surface area (TPSA) is 43.4 Å². The SMILES string of the molecule is CCC1CC2=CC(=O)CCC2C2CC[C@@]3(C)C(C4CC4[C@@]34CCC(=O)O4)C12. The van der Waals surface area contributed by atoms with E-state index in [0.29, 0.717) is 30.0 Å². The van der Waals surface area contributed by atoms with E-state index in [2.05, 4.69) is 13.8 Å². The van der Waals surface area contributed by atoms with Gasteiger partial charge in [-0.25, -0.2) is 0 Å². The number of carbonyl (C=O) groups is 2. The van der Waals surface area contributed by atoms with Crippen LogP contribution in [-0.4, -0.2) is 17.4 Å². The summed E-state index contributed by atoms with van der Waals surface area (Å²) in [6.45, 7) is 4.84. The number of rotatable bonds is 1. The molecule has 0 N–H and O–H groups in total. The normalized spacial score (nSPS) is 55.3. The molecule has 6 rings (SSSR count). The third-order valence-electron chi connectivity index (χ3n) is 10.1. The molecule has 3 heteroatoms. The maximum absolute atomic E-state index is 12.1. The Labute approximate surface area is 162 Å². The van der Waals surface area contributed by atoms with Crippen LogP contribution in [0.3, 0.4) is 0 Å². The van der Waals surface area contributed by atoms with Gasteiger partial charge in [-0.2, -0.15) is 0 Å². The first kappa shape index (κ1) is 16.8. The van der Waals surface area contributed by atoms with E-state index in [1.54, 1.807) is 0 Å². The summed E-state index contributed by atoms with van der Waals surface area (Å²) in [5.74, 6) is 5.47. The zero-order chi connectivity index (χ0) is 18.6. The highest BCUT2D eigenvalue weighted by atomic mass is 16.6. The van der Waals surface area contributed by atoms with Crippen molar-refractivity contribution in [3.63, 3.8) is 0 Å². The predicted octanol–water partition coefficient (Wildman–Crippen LogP) is 4.70. The van der Waals surface area contributed by atoms with Crippen molar-refractivity contribution in [2.45, 2.75) is 77.2 Å². The summed E-state index contributed by atoms with van der Waals surface area (Å²) in [4.78, 5) is 24.2. The Balaban J connectivity index is 1.41. The lowest BCUT2D eigenvalue weighted by Gasteiger charge is -2.59. The van der Waals surface area contributed by atoms with Crippen LogP contribution in [0.5, 0.6) is 0 Å². The van der Waals surface area contributed by atoms with Crippen molar-refractivity contribution < 1.29 is 14.3 Å². The van der Waals surface area contributed by atoms with Gasteiger partial charge in [0.1, 0.15) is 5.60 Å². The summed E-state index contributed by atoms with van der Waals surface area (Å²) < 4.78 is 6.21. The molecular formula is C24H32O3. The summed E-state index contributed by atoms with van der Waals surface area (Å²) in [7, 11) is 0. The monoisotopic (exact) mass is 368 g/mol. The van der Waals surface area contributed by atoms with Crippen LogP contribution in [0.15, 0.2) is 11.6 Å². The Morgan fingerprint density at radius 1 is 1.15 bits per heavy atom. The lowest BCUT2D eigenvalue weighted by Crippen LogP contribution is -2.56. The largest absolute Gasteiger partial charge is 0.458 e. The number of carbonyl (C=O) groups excluding carboxylic acids is 2. The average Bonchev–Trinajstić information content (AvgIpc) is 3.29. The van der Waals surface area contributed by atoms with Gasteiger partial charge in [-0.1, -0.05) is 25.8 Å². The van der Waals surface area contributed by atoms with Crippen molar-refractivity contribution in [3.05, 3.63) is 11.6 Å². The van der Waals surface area contributed by atoms with Crippen molar-refractivity contribution in [1.82, 2.24) is 0 Å². The molecule has 4 saturated carbocycles. The molecule has 7 unspecified atom stereocenters. The molecule has 27 heavy (non-hydrogen) atoms. The molecule has 0 aromatic rings. The molecule has 1 heterocycles. The second kappa shape index (κ2) is 5.27. The summed E-state index contributed by atoms with van der Waals surface area (Å²) in [5, 5.41) is 0. The van der Waals surface area contributed by atoms with Gasteiger partial charge in [-0.05, 0) is 80.1 Å². The van der Waals surface area contributed by atoms with Gasteiger partial charge in [0, 0.05) is 24.2 Å². The number of esters is 1. The summed E-state index contributed by atoms with van der Waals surface area (Å²) in [6.07, 6.45) is 11.6. The van der Waals surface area contributed by atoms with Crippen LogP contribution in [0, 0.1) is 46.8 Å². The third-order valence-corrected chi connectivity index (χ3v) is 10.1. The number of fused-ring (bicyclic) bond motifs is 9. The second-order valence-corrected chi connectivity index (χ2v) is 10.8. The lowest BCUT2D eigenvalue weighted by molar-refractivity contribution is -0.177. The highest BCUT2D eigenvalue weighted by molar-refractivity contribution is 5.91. The number of ketones is 1. The lowest BCUT2D eigenvalue weighted by atomic mass is 9.46. The van der Waals surface area contributed by atoms with Gasteiger partial charge in [0.2, 0.25) is 0 Å². The van der Waals surface area contributed by atoms with Crippen LogP contribution in [0.4, 0.5) is 0 Å². The van der Waals surface area contributed by atoms with Crippen molar-refractivity contribution in [2.24, 2.45) is 46.8 Å². The standard InChI is InChI=1S/C24H32O3/c1-3-13-10-14-11-15(25)4-5-16(14)17-6-8-23(2)22(21(13)17)18-12-19(18)24(23)9-7-20(26)27-24/h11,13,16-19,21-22H,3-10,12H2,1-2H3/t13?,16?,17?,18?,19?,21?,22?,23-,24-/m0/s1. The minimum Gasteiger partial charge on any atom is -0.458 e. The van der Waals surface area contributed by atoms with Gasteiger partial charge in [0.25, 0.3) is 0 Å². The van der Waals surface area contributed by atoms with E-state index in [4.69, 9.17) is 4.74 Å². The van der Waals surface area contributed by atoms with Crippen LogP contribution in [0.1, 0.15) is 71.6 Å². The number of ether oxygens (including phenoxy) is 1. The highest BCUT2D eigenvalue weighted by Gasteiger charge is 2.79. The Morgan fingerprint density at radius 3 is 2.74 bits per heavy atom. The van der Waals surface area contributed by atoms with Crippen LogP contribution in [-0.2, 0) is 14.3 Å². The fraction of sp³-hybridized carbons (Fsp3) is 0.833. The van der Waals surface area contributed by atoms with Crippen LogP contribution in [0.2, 0.25) is 0 Å². The van der Waals surface area contributed by atoms with Crippen LogP contribution >= 0.6 is 0 Å². The van der Waals surface area contributed by atoms with E-state index in [1.807, 2.05) is 6.08 Å². The summed E-state index contributed by atoms with van der Waals surface area (Å²) in [6, 6.07) is 0. The third kappa shape index (κ3) is 1.94. The zero-order valence-electron chi connectivity index (χ0n) is 16.7. The molecule has 1 aliphatic heterocycles. The van der Waals surface area contributed by atoms with E-state index in [-0.39, 0.29) is 17.0 Å². The van der Waals surface area contributed by atoms with E-state index >= 15 is 0 Å². The number of hydrogen-bond donors (Lipinski definition) is 0. The fourth-order valence-electron chi connectivity index (χ4n) is 9.13. The molecule has 6 aliphatic rings. The minimum absolute atomic E-state index is 0.0522. The molecule has 5 aliphatic carbocycles. The minimum atomic E-state index is -0.138. The predicted molar refractivity (Wildman–Crippen MR) is 102 cm³/mol. The first-order valence-corrected chi connectivity index (χ1v) is 11.4. The molecule has 5 fully saturated rings. The van der Waals surface area contributed by atoms with Crippen LogP contribution < -0.4 is 0 Å². The quantitative estimate of drug-likeness (QED) is 0.630. The van der Waals surface area contributed by atoms with Crippen molar-refractivity contribution in [1.29, 1.82) is 0 Å². The van der Waals surface area contributed by atoms with Gasteiger partial charge < -0.3 is 4.74 Å². The van der Waals surface area contributed by atoms with Crippen LogP contribution in [0.25, 0.3) is 0 Å². The highest BCUT2D eigenvalue weighted by Crippen LogP contribution is 2.79. The Hall–Kier alpha value is -1.12. The Kier molecular flexibility index (Phi) is 3.28. The molecule has 1 saturated heterocycles. The molecule has 3 nitrogen and oxygen atoms in total. The summed E-state index contributed by atoms with van der Waals surface area (Å²) in [5.41, 5.74) is 1.53. The molecule has 0 aromatic carbocycles. The molecule has 146 valence electrons. The van der Waals surface area contributed by atoms with Gasteiger partial charge in [0.15, 0.2) is 5.78 Å². The van der Waals surface area contributed by atoms with Crippen molar-refractivity contribution >= 4 is 11.8 Å². The molecule has 0 aromatic heterocycles. The van der Waals surface area contributed by atoms with E-state index in [0.717, 1.165) is 49.4 Å². The van der Waals surface area contributed by atoms with Gasteiger partial charge in [-0.3, -0.25) is 9.59 Å². The maximum atomic E-state index is 12.1. The Morgan fingerprint density at radius 2 is 2.00 bits per heavy atom. The fourth-order valence-corrected chi connectivity index (χ4v) is 9.13. The molecule has 0 amide bonds. The van der Waals surface area contributed by atoms with E-state index in [1.165, 1.54) is 31.3 Å². The molecule has 9 atom stereocenters. The number of allylic oxidation sites excluding steroid dienone is 1. The maximum Gasteiger partial charge on any atom is 0.306 e. The van der Waals surface area contributed by atoms with Gasteiger partial charge in [0.05, 0.1) is 0 Å².